The molecule has 0 spiro atoms. The minimum atomic E-state index is -0.312. The first-order valence-corrected chi connectivity index (χ1v) is 7.20. The number of aromatic nitrogens is 3. The van der Waals surface area contributed by atoms with Gasteiger partial charge in [-0.1, -0.05) is 24.6 Å². The van der Waals surface area contributed by atoms with E-state index in [2.05, 4.69) is 22.4 Å². The van der Waals surface area contributed by atoms with E-state index in [4.69, 9.17) is 22.2 Å². The van der Waals surface area contributed by atoms with E-state index in [1.54, 1.807) is 24.2 Å². The molecule has 0 fully saturated rings. The van der Waals surface area contributed by atoms with E-state index >= 15 is 0 Å². The molecule has 1 unspecified atom stereocenters. The number of pyridine rings is 1. The molecule has 2 heterocycles. The number of halogens is 1. The molecule has 1 atom stereocenters. The van der Waals surface area contributed by atoms with Crippen molar-refractivity contribution < 1.29 is 4.74 Å². The van der Waals surface area contributed by atoms with E-state index < -0.39 is 0 Å². The third-order valence-corrected chi connectivity index (χ3v) is 3.65. The van der Waals surface area contributed by atoms with E-state index in [0.29, 0.717) is 18.2 Å². The van der Waals surface area contributed by atoms with Gasteiger partial charge in [-0.15, -0.1) is 0 Å². The van der Waals surface area contributed by atoms with Gasteiger partial charge in [-0.3, -0.25) is 15.5 Å². The van der Waals surface area contributed by atoms with Gasteiger partial charge < -0.3 is 4.74 Å². The average Bonchev–Trinajstić information content (AvgIpc) is 2.88. The van der Waals surface area contributed by atoms with Gasteiger partial charge in [0.2, 0.25) is 0 Å². The summed E-state index contributed by atoms with van der Waals surface area (Å²) in [5.41, 5.74) is 5.59. The number of methoxy groups -OCH3 is 1. The first-order chi connectivity index (χ1) is 10.2. The lowest BCUT2D eigenvalue weighted by atomic mass is 10.0. The van der Waals surface area contributed by atoms with Crippen LogP contribution in [0.4, 0.5) is 0 Å². The van der Waals surface area contributed by atoms with Crippen LogP contribution in [0.1, 0.15) is 29.9 Å². The van der Waals surface area contributed by atoms with Crippen molar-refractivity contribution in [3.05, 3.63) is 46.5 Å². The van der Waals surface area contributed by atoms with Gasteiger partial charge in [0.15, 0.2) is 0 Å². The molecule has 0 bridgehead atoms. The second-order valence-electron chi connectivity index (χ2n) is 4.59. The maximum Gasteiger partial charge on any atom is 0.107 e. The quantitative estimate of drug-likeness (QED) is 0.601. The zero-order valence-electron chi connectivity index (χ0n) is 12.2. The Labute approximate surface area is 129 Å². The fourth-order valence-corrected chi connectivity index (χ4v) is 2.56. The molecule has 0 amide bonds. The molecule has 21 heavy (non-hydrogen) atoms. The molecule has 0 saturated carbocycles. The predicted octanol–water partition coefficient (Wildman–Crippen LogP) is 1.69. The van der Waals surface area contributed by atoms with Crippen molar-refractivity contribution in [3.63, 3.8) is 0 Å². The molecule has 0 aliphatic heterocycles. The zero-order chi connectivity index (χ0) is 15.2. The second-order valence-corrected chi connectivity index (χ2v) is 5.00. The number of rotatable bonds is 7. The highest BCUT2D eigenvalue weighted by Crippen LogP contribution is 2.28. The van der Waals surface area contributed by atoms with Crippen LogP contribution in [0.25, 0.3) is 0 Å². The van der Waals surface area contributed by atoms with E-state index in [9.17, 15) is 0 Å². The normalized spacial score (nSPS) is 12.6. The van der Waals surface area contributed by atoms with Crippen LogP contribution in [0.3, 0.4) is 0 Å². The highest BCUT2D eigenvalue weighted by molar-refractivity contribution is 6.31. The third kappa shape index (κ3) is 3.41. The minimum Gasteiger partial charge on any atom is -0.383 e. The van der Waals surface area contributed by atoms with Crippen LogP contribution in [0.15, 0.2) is 24.5 Å². The summed E-state index contributed by atoms with van der Waals surface area (Å²) in [5, 5.41) is 4.84. The van der Waals surface area contributed by atoms with Crippen molar-refractivity contribution in [2.45, 2.75) is 25.9 Å². The average molecular weight is 310 g/mol. The fourth-order valence-electron chi connectivity index (χ4n) is 2.31. The molecule has 0 aliphatic carbocycles. The number of nitrogens with one attached hydrogen (secondary N) is 1. The summed E-state index contributed by atoms with van der Waals surface area (Å²) in [6, 6.07) is 3.64. The van der Waals surface area contributed by atoms with Crippen molar-refractivity contribution in [2.75, 3.05) is 13.7 Å². The summed E-state index contributed by atoms with van der Waals surface area (Å²) >= 11 is 6.30. The maximum absolute atomic E-state index is 6.30. The number of nitrogens with two attached hydrogens (primary N) is 1. The lowest BCUT2D eigenvalue weighted by Crippen LogP contribution is -2.32. The van der Waals surface area contributed by atoms with E-state index in [-0.39, 0.29) is 6.04 Å². The van der Waals surface area contributed by atoms with Crippen LogP contribution >= 0.6 is 11.6 Å². The van der Waals surface area contributed by atoms with Crippen LogP contribution < -0.4 is 11.3 Å². The Bertz CT molecular complexity index is 586. The van der Waals surface area contributed by atoms with Gasteiger partial charge >= 0.3 is 0 Å². The monoisotopic (exact) mass is 309 g/mol. The van der Waals surface area contributed by atoms with Gasteiger partial charge in [-0.05, 0) is 18.1 Å². The molecule has 0 radical (unpaired) electrons. The number of hydrogen-bond acceptors (Lipinski definition) is 5. The van der Waals surface area contributed by atoms with Gasteiger partial charge in [-0.2, -0.15) is 5.10 Å². The van der Waals surface area contributed by atoms with Crippen LogP contribution in [0, 0.1) is 0 Å². The van der Waals surface area contributed by atoms with Crippen LogP contribution in [-0.4, -0.2) is 28.5 Å². The molecular weight excluding hydrogens is 290 g/mol. The van der Waals surface area contributed by atoms with Gasteiger partial charge in [0.1, 0.15) is 6.04 Å². The molecule has 0 aliphatic rings. The molecule has 7 heteroatoms. The second kappa shape index (κ2) is 7.51. The highest BCUT2D eigenvalue weighted by Gasteiger charge is 2.24. The van der Waals surface area contributed by atoms with E-state index in [1.807, 2.05) is 12.1 Å². The van der Waals surface area contributed by atoms with Gasteiger partial charge in [0.05, 0.1) is 35.8 Å². The molecule has 2 rings (SSSR count). The lowest BCUT2D eigenvalue weighted by Gasteiger charge is -2.20. The largest absolute Gasteiger partial charge is 0.383 e. The van der Waals surface area contributed by atoms with Gasteiger partial charge in [-0.25, -0.2) is 5.43 Å². The third-order valence-electron chi connectivity index (χ3n) is 3.36. The number of ether oxygens (including phenoxy) is 1. The summed E-state index contributed by atoms with van der Waals surface area (Å²) in [5.74, 6) is 5.77. The minimum absolute atomic E-state index is 0.312. The Morgan fingerprint density at radius 1 is 1.52 bits per heavy atom. The van der Waals surface area contributed by atoms with Crippen molar-refractivity contribution in [1.82, 2.24) is 20.2 Å². The number of hydrazine groups is 1. The Morgan fingerprint density at radius 2 is 2.33 bits per heavy atom. The first-order valence-electron chi connectivity index (χ1n) is 6.83. The van der Waals surface area contributed by atoms with E-state index in [1.165, 1.54) is 0 Å². The van der Waals surface area contributed by atoms with Crippen molar-refractivity contribution in [3.8, 4) is 0 Å². The molecule has 3 N–H and O–H groups in total. The maximum atomic E-state index is 6.30. The lowest BCUT2D eigenvalue weighted by molar-refractivity contribution is 0.182. The van der Waals surface area contributed by atoms with Crippen molar-refractivity contribution >= 4 is 11.6 Å². The SMILES string of the molecule is CCc1cccnc1C(NN)c1c(Cl)cnn1CCOC. The summed E-state index contributed by atoms with van der Waals surface area (Å²) in [4.78, 5) is 4.47. The Hall–Kier alpha value is -1.47. The van der Waals surface area contributed by atoms with Gasteiger partial charge in [0, 0.05) is 13.3 Å². The van der Waals surface area contributed by atoms with Crippen molar-refractivity contribution in [1.29, 1.82) is 0 Å². The predicted molar refractivity (Wildman–Crippen MR) is 81.9 cm³/mol. The summed E-state index contributed by atoms with van der Waals surface area (Å²) < 4.78 is 6.90. The molecule has 2 aromatic rings. The Kier molecular flexibility index (Phi) is 5.69. The topological polar surface area (TPSA) is 78.0 Å². The zero-order valence-corrected chi connectivity index (χ0v) is 13.0. The number of hydrogen-bond donors (Lipinski definition) is 2. The summed E-state index contributed by atoms with van der Waals surface area (Å²) in [6.07, 6.45) is 4.24. The Balaban J connectivity index is 2.44. The molecule has 6 nitrogen and oxygen atoms in total. The molecule has 2 aromatic heterocycles. The fraction of sp³-hybridized carbons (Fsp3) is 0.429. The molecule has 0 saturated heterocycles. The molecule has 114 valence electrons. The highest BCUT2D eigenvalue weighted by atomic mass is 35.5. The van der Waals surface area contributed by atoms with Crippen LogP contribution in [0.2, 0.25) is 5.02 Å². The van der Waals surface area contributed by atoms with Crippen LogP contribution in [-0.2, 0) is 17.7 Å². The summed E-state index contributed by atoms with van der Waals surface area (Å²) in [7, 11) is 1.65. The standard InChI is InChI=1S/C14H20ClN5O/c1-3-10-5-4-6-17-12(10)13(19-16)14-11(15)9-18-20(14)7-8-21-2/h4-6,9,13,19H,3,7-8,16H2,1-2H3. The molecular formula is C14H20ClN5O. The summed E-state index contributed by atoms with van der Waals surface area (Å²) in [6.45, 7) is 3.23. The number of nitrogens with zero attached hydrogens (tertiary/aromatic N) is 3. The Morgan fingerprint density at radius 3 is 3.00 bits per heavy atom. The van der Waals surface area contributed by atoms with Crippen molar-refractivity contribution in [2.24, 2.45) is 5.84 Å². The molecule has 0 aromatic carbocycles. The van der Waals surface area contributed by atoms with Gasteiger partial charge in [0.25, 0.3) is 0 Å². The first kappa shape index (κ1) is 15.9. The smallest absolute Gasteiger partial charge is 0.107 e. The van der Waals surface area contributed by atoms with Crippen LogP contribution in [0.5, 0.6) is 0 Å². The number of aryl methyl sites for hydroxylation is 1. The van der Waals surface area contributed by atoms with E-state index in [0.717, 1.165) is 23.4 Å².